The minimum atomic E-state index is 0.680. The van der Waals surface area contributed by atoms with Gasteiger partial charge in [-0.2, -0.15) is 5.26 Å². The lowest BCUT2D eigenvalue weighted by molar-refractivity contribution is 0.302. The average Bonchev–Trinajstić information content (AvgIpc) is 3.07. The molecule has 0 N–H and O–H groups in total. The van der Waals surface area contributed by atoms with Crippen LogP contribution in [0.1, 0.15) is 81.4 Å². The van der Waals surface area contributed by atoms with Gasteiger partial charge >= 0.3 is 0 Å². The Morgan fingerprint density at radius 2 is 1.05 bits per heavy atom. The first-order valence-electron chi connectivity index (χ1n) is 15.8. The molecule has 4 rings (SSSR count). The average molecular weight is 573 g/mol. The number of aliphatic imine (C=N–C) groups is 1. The quantitative estimate of drug-likeness (QED) is 0.0880. The van der Waals surface area contributed by atoms with Crippen molar-refractivity contribution in [3.63, 3.8) is 0 Å². The molecule has 0 atom stereocenters. The third kappa shape index (κ3) is 11.4. The van der Waals surface area contributed by atoms with E-state index in [0.29, 0.717) is 5.56 Å². The van der Waals surface area contributed by atoms with E-state index in [1.54, 1.807) is 0 Å². The molecule has 0 saturated carbocycles. The Bertz CT molecular complexity index is 1400. The summed E-state index contributed by atoms with van der Waals surface area (Å²) in [5.41, 5.74) is 6.30. The van der Waals surface area contributed by atoms with Gasteiger partial charge in [0.25, 0.3) is 0 Å². The maximum absolute atomic E-state index is 8.95. The molecule has 4 nitrogen and oxygen atoms in total. The van der Waals surface area contributed by atoms with Crippen molar-refractivity contribution in [2.45, 2.75) is 71.1 Å². The van der Waals surface area contributed by atoms with E-state index in [1.165, 1.54) is 50.5 Å². The molecule has 0 aromatic heterocycles. The second-order valence-corrected chi connectivity index (χ2v) is 10.9. The summed E-state index contributed by atoms with van der Waals surface area (Å²) in [6.07, 6.45) is 14.0. The molecule has 4 aromatic carbocycles. The molecular formula is C39H44N2O2. The number of ether oxygens (including phenoxy) is 2. The minimum Gasteiger partial charge on any atom is -0.494 e. The van der Waals surface area contributed by atoms with E-state index < -0.39 is 0 Å². The highest BCUT2D eigenvalue weighted by atomic mass is 16.5. The maximum Gasteiger partial charge on any atom is 0.119 e. The highest BCUT2D eigenvalue weighted by molar-refractivity contribution is 5.82. The Labute approximate surface area is 258 Å². The van der Waals surface area contributed by atoms with Crippen molar-refractivity contribution in [1.82, 2.24) is 0 Å². The monoisotopic (exact) mass is 572 g/mol. The lowest BCUT2D eigenvalue weighted by Gasteiger charge is -2.08. The fraction of sp³-hybridized carbons (Fsp3) is 0.333. The van der Waals surface area contributed by atoms with Crippen molar-refractivity contribution in [1.29, 1.82) is 5.26 Å². The van der Waals surface area contributed by atoms with Crippen molar-refractivity contribution in [2.24, 2.45) is 4.99 Å². The zero-order valence-electron chi connectivity index (χ0n) is 25.5. The van der Waals surface area contributed by atoms with Crippen molar-refractivity contribution >= 4 is 11.9 Å². The van der Waals surface area contributed by atoms with Gasteiger partial charge in [-0.3, -0.25) is 4.99 Å². The summed E-state index contributed by atoms with van der Waals surface area (Å²) in [6.45, 7) is 3.70. The summed E-state index contributed by atoms with van der Waals surface area (Å²) >= 11 is 0. The normalized spacial score (nSPS) is 11.0. The molecule has 43 heavy (non-hydrogen) atoms. The van der Waals surface area contributed by atoms with E-state index in [0.717, 1.165) is 66.4 Å². The van der Waals surface area contributed by atoms with E-state index in [-0.39, 0.29) is 0 Å². The number of hydrogen-bond acceptors (Lipinski definition) is 4. The first-order valence-corrected chi connectivity index (χ1v) is 15.8. The topological polar surface area (TPSA) is 54.6 Å². The molecule has 0 aliphatic carbocycles. The van der Waals surface area contributed by atoms with Crippen LogP contribution >= 0.6 is 0 Å². The zero-order chi connectivity index (χ0) is 30.0. The fourth-order valence-corrected chi connectivity index (χ4v) is 4.92. The van der Waals surface area contributed by atoms with E-state index in [4.69, 9.17) is 14.7 Å². The van der Waals surface area contributed by atoms with Crippen LogP contribution in [-0.4, -0.2) is 19.4 Å². The molecule has 0 bridgehead atoms. The maximum atomic E-state index is 8.95. The molecule has 0 aliphatic heterocycles. The molecule has 4 aromatic rings. The molecule has 0 radical (unpaired) electrons. The van der Waals surface area contributed by atoms with Gasteiger partial charge in [0.1, 0.15) is 11.5 Å². The first-order chi connectivity index (χ1) is 21.2. The smallest absolute Gasteiger partial charge is 0.119 e. The van der Waals surface area contributed by atoms with E-state index >= 15 is 0 Å². The SMILES string of the molecule is CCc1ccc(N=Cc2ccc(OCCCCCCCCCCCOc3ccc(-c4ccc(C#N)cc4)cc3)cc2)cc1. The van der Waals surface area contributed by atoms with Crippen molar-refractivity contribution < 1.29 is 9.47 Å². The molecule has 0 saturated heterocycles. The van der Waals surface area contributed by atoms with Crippen LogP contribution in [0.3, 0.4) is 0 Å². The summed E-state index contributed by atoms with van der Waals surface area (Å²) in [6, 6.07) is 34.6. The van der Waals surface area contributed by atoms with Crippen LogP contribution in [0.15, 0.2) is 102 Å². The van der Waals surface area contributed by atoms with Crippen LogP contribution in [0.4, 0.5) is 5.69 Å². The van der Waals surface area contributed by atoms with Gasteiger partial charge in [0.05, 0.1) is 30.5 Å². The van der Waals surface area contributed by atoms with Gasteiger partial charge in [-0.1, -0.05) is 88.3 Å². The molecular weight excluding hydrogens is 528 g/mol. The standard InChI is InChI=1S/C39H44N2O2/c1-2-32-14-22-37(23-15-32)41-31-34-16-24-38(25-17-34)42-28-10-8-6-4-3-5-7-9-11-29-43-39-26-20-36(21-27-39)35-18-12-33(30-40)13-19-35/h12-27,31H,2-11,28-29H2,1H3. The van der Waals surface area contributed by atoms with Gasteiger partial charge in [-0.05, 0) is 102 Å². The molecule has 222 valence electrons. The van der Waals surface area contributed by atoms with Gasteiger partial charge in [0.2, 0.25) is 0 Å². The summed E-state index contributed by atoms with van der Waals surface area (Å²) in [5, 5.41) is 8.95. The first kappa shape index (κ1) is 31.6. The lowest BCUT2D eigenvalue weighted by atomic mass is 10.0. The van der Waals surface area contributed by atoms with Crippen LogP contribution in [-0.2, 0) is 6.42 Å². The second-order valence-electron chi connectivity index (χ2n) is 10.9. The van der Waals surface area contributed by atoms with Crippen LogP contribution < -0.4 is 9.47 Å². The number of nitriles is 1. The number of rotatable bonds is 18. The molecule has 0 spiro atoms. The molecule has 0 heterocycles. The summed E-state index contributed by atoms with van der Waals surface area (Å²) in [7, 11) is 0. The highest BCUT2D eigenvalue weighted by Gasteiger charge is 2.01. The van der Waals surface area contributed by atoms with Gasteiger partial charge in [0.15, 0.2) is 0 Å². The molecule has 0 amide bonds. The van der Waals surface area contributed by atoms with E-state index in [2.05, 4.69) is 66.5 Å². The molecule has 0 fully saturated rings. The Hall–Kier alpha value is -4.36. The Morgan fingerprint density at radius 3 is 1.53 bits per heavy atom. The number of benzene rings is 4. The van der Waals surface area contributed by atoms with Crippen LogP contribution in [0.2, 0.25) is 0 Å². The Kier molecular flexibility index (Phi) is 13.4. The summed E-state index contributed by atoms with van der Waals surface area (Å²) in [4.78, 5) is 4.57. The van der Waals surface area contributed by atoms with Crippen LogP contribution in [0.5, 0.6) is 11.5 Å². The predicted molar refractivity (Wildman–Crippen MR) is 179 cm³/mol. The highest BCUT2D eigenvalue weighted by Crippen LogP contribution is 2.23. The van der Waals surface area contributed by atoms with Crippen LogP contribution in [0.25, 0.3) is 11.1 Å². The largest absolute Gasteiger partial charge is 0.494 e. The van der Waals surface area contributed by atoms with Crippen molar-refractivity contribution in [2.75, 3.05) is 13.2 Å². The number of aryl methyl sites for hydroxylation is 1. The fourth-order valence-electron chi connectivity index (χ4n) is 4.92. The Morgan fingerprint density at radius 1 is 0.581 bits per heavy atom. The number of nitrogens with zero attached hydrogens (tertiary/aromatic N) is 2. The molecule has 0 aliphatic rings. The van der Waals surface area contributed by atoms with Gasteiger partial charge in [-0.15, -0.1) is 0 Å². The van der Waals surface area contributed by atoms with E-state index in [9.17, 15) is 0 Å². The summed E-state index contributed by atoms with van der Waals surface area (Å²) < 4.78 is 11.9. The summed E-state index contributed by atoms with van der Waals surface area (Å²) in [5.74, 6) is 1.84. The second kappa shape index (κ2) is 18.2. The van der Waals surface area contributed by atoms with Crippen LogP contribution in [0, 0.1) is 11.3 Å². The van der Waals surface area contributed by atoms with Gasteiger partial charge in [0, 0.05) is 6.21 Å². The number of unbranched alkanes of at least 4 members (excludes halogenated alkanes) is 8. The van der Waals surface area contributed by atoms with E-state index in [1.807, 2.05) is 54.7 Å². The lowest BCUT2D eigenvalue weighted by Crippen LogP contribution is -1.97. The predicted octanol–water partition coefficient (Wildman–Crippen LogP) is 10.5. The number of hydrogen-bond donors (Lipinski definition) is 0. The molecule has 4 heteroatoms. The minimum absolute atomic E-state index is 0.680. The van der Waals surface area contributed by atoms with Crippen molar-refractivity contribution in [3.05, 3.63) is 114 Å². The van der Waals surface area contributed by atoms with Gasteiger partial charge < -0.3 is 9.47 Å². The van der Waals surface area contributed by atoms with Crippen molar-refractivity contribution in [3.8, 4) is 28.7 Å². The molecule has 0 unspecified atom stereocenters. The third-order valence-electron chi connectivity index (χ3n) is 7.62. The van der Waals surface area contributed by atoms with Gasteiger partial charge in [-0.25, -0.2) is 0 Å². The zero-order valence-corrected chi connectivity index (χ0v) is 25.5. The Balaban J connectivity index is 0.963. The third-order valence-corrected chi connectivity index (χ3v) is 7.62.